The number of unbranched alkanes of at least 4 members (excludes halogenated alkanes) is 3. The van der Waals surface area contributed by atoms with Gasteiger partial charge in [0.1, 0.15) is 10.9 Å². The highest BCUT2D eigenvalue weighted by Gasteiger charge is 2.31. The van der Waals surface area contributed by atoms with Gasteiger partial charge >= 0.3 is 0 Å². The van der Waals surface area contributed by atoms with E-state index in [9.17, 15) is 0 Å². The van der Waals surface area contributed by atoms with E-state index in [1.165, 1.54) is 19.3 Å². The number of allylic oxidation sites excluding steroid dienone is 1. The van der Waals surface area contributed by atoms with Crippen LogP contribution in [0.3, 0.4) is 0 Å². The first-order valence-corrected chi connectivity index (χ1v) is 8.00. The van der Waals surface area contributed by atoms with Gasteiger partial charge in [-0.15, -0.1) is 0 Å². The monoisotopic (exact) mass is 326 g/mol. The number of dihydropyridines is 1. The third-order valence-corrected chi connectivity index (χ3v) is 3.90. The van der Waals surface area contributed by atoms with E-state index < -0.39 is 5.00 Å². The van der Waals surface area contributed by atoms with E-state index in [-0.39, 0.29) is 0 Å². The van der Waals surface area contributed by atoms with Gasteiger partial charge in [-0.3, -0.25) is 4.98 Å². The molecule has 1 aromatic heterocycles. The Kier molecular flexibility index (Phi) is 5.95. The summed E-state index contributed by atoms with van der Waals surface area (Å²) in [5, 5.41) is 3.52. The van der Waals surface area contributed by atoms with Crippen molar-refractivity contribution in [2.45, 2.75) is 37.6 Å². The molecular formula is C16H20Cl2N2O. The van der Waals surface area contributed by atoms with Crippen LogP contribution in [0.2, 0.25) is 0 Å². The number of nitrogens with zero attached hydrogens (tertiary/aromatic N) is 1. The third-order valence-electron chi connectivity index (χ3n) is 3.28. The summed E-state index contributed by atoms with van der Waals surface area (Å²) in [6, 6.07) is 3.70. The van der Waals surface area contributed by atoms with Gasteiger partial charge in [-0.2, -0.15) is 0 Å². The molecule has 0 aromatic carbocycles. The standard InChI is InChI=1S/C16H20Cl2N2O/c1-2-3-4-5-10-21-14-11-15(17)20-16(18,12-14)13-6-8-19-9-7-13/h6-9,11-12,20H,2-5,10H2,1H3. The van der Waals surface area contributed by atoms with Gasteiger partial charge in [0.2, 0.25) is 0 Å². The minimum Gasteiger partial charge on any atom is -0.494 e. The summed E-state index contributed by atoms with van der Waals surface area (Å²) in [4.78, 5) is 3.11. The molecule has 0 fully saturated rings. The topological polar surface area (TPSA) is 34.1 Å². The number of hydrogen-bond acceptors (Lipinski definition) is 3. The zero-order chi connectivity index (χ0) is 15.1. The molecule has 1 atom stereocenters. The van der Waals surface area contributed by atoms with Crippen LogP contribution < -0.4 is 5.32 Å². The molecule has 2 heterocycles. The number of hydrogen-bond donors (Lipinski definition) is 1. The predicted octanol–water partition coefficient (Wildman–Crippen LogP) is 4.64. The lowest BCUT2D eigenvalue weighted by molar-refractivity contribution is 0.212. The quantitative estimate of drug-likeness (QED) is 0.450. The van der Waals surface area contributed by atoms with E-state index in [1.54, 1.807) is 18.5 Å². The van der Waals surface area contributed by atoms with Crippen molar-refractivity contribution in [2.75, 3.05) is 6.61 Å². The van der Waals surface area contributed by atoms with Crippen LogP contribution in [-0.4, -0.2) is 11.6 Å². The van der Waals surface area contributed by atoms with Crippen molar-refractivity contribution in [1.29, 1.82) is 0 Å². The highest BCUT2D eigenvalue weighted by molar-refractivity contribution is 6.31. The first-order chi connectivity index (χ1) is 10.1. The van der Waals surface area contributed by atoms with E-state index in [1.807, 2.05) is 18.2 Å². The van der Waals surface area contributed by atoms with Gasteiger partial charge in [0.15, 0.2) is 5.00 Å². The second kappa shape index (κ2) is 7.71. The average Bonchev–Trinajstić information content (AvgIpc) is 2.47. The van der Waals surface area contributed by atoms with Crippen LogP contribution in [0.4, 0.5) is 0 Å². The molecule has 1 aromatic rings. The summed E-state index contributed by atoms with van der Waals surface area (Å²) in [6.45, 7) is 2.87. The van der Waals surface area contributed by atoms with Crippen molar-refractivity contribution in [2.24, 2.45) is 0 Å². The molecule has 0 bridgehead atoms. The van der Waals surface area contributed by atoms with Crippen LogP contribution in [0, 0.1) is 0 Å². The normalized spacial score (nSPS) is 21.3. The highest BCUT2D eigenvalue weighted by atomic mass is 35.5. The summed E-state index contributed by atoms with van der Waals surface area (Å²) in [5.74, 6) is 0.696. The zero-order valence-corrected chi connectivity index (χ0v) is 13.6. The minimum atomic E-state index is -0.895. The van der Waals surface area contributed by atoms with Crippen LogP contribution in [0.25, 0.3) is 0 Å². The molecule has 0 saturated carbocycles. The molecular weight excluding hydrogens is 307 g/mol. The molecule has 0 aliphatic carbocycles. The molecule has 0 amide bonds. The lowest BCUT2D eigenvalue weighted by Crippen LogP contribution is -2.36. The maximum Gasteiger partial charge on any atom is 0.161 e. The lowest BCUT2D eigenvalue weighted by Gasteiger charge is -2.30. The van der Waals surface area contributed by atoms with E-state index >= 15 is 0 Å². The molecule has 0 spiro atoms. The first kappa shape index (κ1) is 16.2. The largest absolute Gasteiger partial charge is 0.494 e. The fraction of sp³-hybridized carbons (Fsp3) is 0.438. The summed E-state index contributed by atoms with van der Waals surface area (Å²) in [5.41, 5.74) is 0.873. The Morgan fingerprint density at radius 1 is 1.24 bits per heavy atom. The molecule has 1 unspecified atom stereocenters. The summed E-state index contributed by atoms with van der Waals surface area (Å²) in [7, 11) is 0. The van der Waals surface area contributed by atoms with E-state index in [0.29, 0.717) is 17.5 Å². The fourth-order valence-corrected chi connectivity index (χ4v) is 2.80. The Balaban J connectivity index is 2.03. The molecule has 3 nitrogen and oxygen atoms in total. The molecule has 5 heteroatoms. The third kappa shape index (κ3) is 4.65. The SMILES string of the molecule is CCCCCCOC1=CC(Cl)(c2ccncc2)NC(Cl)=C1. The van der Waals surface area contributed by atoms with Crippen LogP contribution in [-0.2, 0) is 9.73 Å². The fourth-order valence-electron chi connectivity index (χ4n) is 2.16. The van der Waals surface area contributed by atoms with Gasteiger partial charge in [-0.05, 0) is 24.1 Å². The lowest BCUT2D eigenvalue weighted by atomic mass is 10.1. The van der Waals surface area contributed by atoms with Crippen molar-refractivity contribution >= 4 is 23.2 Å². The number of rotatable bonds is 7. The van der Waals surface area contributed by atoms with Gasteiger partial charge in [0.25, 0.3) is 0 Å². The van der Waals surface area contributed by atoms with E-state index in [2.05, 4.69) is 17.2 Å². The Bertz CT molecular complexity index is 516. The predicted molar refractivity (Wildman–Crippen MR) is 87.0 cm³/mol. The molecule has 2 rings (SSSR count). The summed E-state index contributed by atoms with van der Waals surface area (Å²) in [6.07, 6.45) is 11.7. The minimum absolute atomic E-state index is 0.466. The highest BCUT2D eigenvalue weighted by Crippen LogP contribution is 2.34. The van der Waals surface area contributed by atoms with Crippen LogP contribution in [0.15, 0.2) is 47.6 Å². The van der Waals surface area contributed by atoms with E-state index in [0.717, 1.165) is 12.0 Å². The molecule has 1 aliphatic heterocycles. The van der Waals surface area contributed by atoms with Gasteiger partial charge in [0.05, 0.1) is 6.61 Å². The van der Waals surface area contributed by atoms with Crippen LogP contribution in [0.1, 0.15) is 38.2 Å². The molecule has 114 valence electrons. The van der Waals surface area contributed by atoms with Crippen molar-refractivity contribution in [3.05, 3.63) is 53.2 Å². The maximum atomic E-state index is 6.63. The van der Waals surface area contributed by atoms with Crippen molar-refractivity contribution in [1.82, 2.24) is 10.3 Å². The molecule has 1 N–H and O–H groups in total. The second-order valence-corrected chi connectivity index (χ2v) is 6.02. The number of halogens is 2. The summed E-state index contributed by atoms with van der Waals surface area (Å²) >= 11 is 12.8. The number of aromatic nitrogens is 1. The smallest absolute Gasteiger partial charge is 0.161 e. The first-order valence-electron chi connectivity index (χ1n) is 7.24. The average molecular weight is 327 g/mol. The van der Waals surface area contributed by atoms with Gasteiger partial charge in [0, 0.05) is 24.5 Å². The van der Waals surface area contributed by atoms with Gasteiger partial charge in [-0.1, -0.05) is 49.4 Å². The molecule has 0 radical (unpaired) electrons. The van der Waals surface area contributed by atoms with Gasteiger partial charge in [-0.25, -0.2) is 0 Å². The number of alkyl halides is 1. The molecule has 0 saturated heterocycles. The Morgan fingerprint density at radius 3 is 2.71 bits per heavy atom. The number of nitrogens with one attached hydrogen (secondary N) is 1. The number of ether oxygens (including phenoxy) is 1. The van der Waals surface area contributed by atoms with Crippen molar-refractivity contribution in [3.63, 3.8) is 0 Å². The number of pyridine rings is 1. The Hall–Kier alpha value is -1.19. The van der Waals surface area contributed by atoms with Crippen LogP contribution >= 0.6 is 23.2 Å². The summed E-state index contributed by atoms with van der Waals surface area (Å²) < 4.78 is 5.78. The van der Waals surface area contributed by atoms with Gasteiger partial charge < -0.3 is 10.1 Å². The Labute approximate surface area is 136 Å². The van der Waals surface area contributed by atoms with Crippen LogP contribution in [0.5, 0.6) is 0 Å². The molecule has 1 aliphatic rings. The van der Waals surface area contributed by atoms with E-state index in [4.69, 9.17) is 27.9 Å². The second-order valence-electron chi connectivity index (χ2n) is 5.02. The maximum absolute atomic E-state index is 6.63. The van der Waals surface area contributed by atoms with Crippen molar-refractivity contribution in [3.8, 4) is 0 Å². The van der Waals surface area contributed by atoms with Crippen molar-refractivity contribution < 1.29 is 4.74 Å². The zero-order valence-electron chi connectivity index (χ0n) is 12.1. The molecule has 21 heavy (non-hydrogen) atoms. The Morgan fingerprint density at radius 2 is 2.00 bits per heavy atom.